The summed E-state index contributed by atoms with van der Waals surface area (Å²) in [4.78, 5) is 14.7. The van der Waals surface area contributed by atoms with Crippen LogP contribution in [-0.4, -0.2) is 71.2 Å². The monoisotopic (exact) mass is 499 g/mol. The quantitative estimate of drug-likeness (QED) is 0.462. The molecule has 0 unspecified atom stereocenters. The molecule has 180 valence electrons. The average Bonchev–Trinajstić information content (AvgIpc) is 3.48. The topological polar surface area (TPSA) is 88.4 Å². The smallest absolute Gasteiger partial charge is 0.242 e. The van der Waals surface area contributed by atoms with Crippen LogP contribution in [0.15, 0.2) is 52.5 Å². The van der Waals surface area contributed by atoms with Gasteiger partial charge in [-0.05, 0) is 49.9 Å². The first-order valence-electron chi connectivity index (χ1n) is 11.2. The Kier molecular flexibility index (Phi) is 7.11. The zero-order valence-corrected chi connectivity index (χ0v) is 21.5. The Morgan fingerprint density at radius 1 is 1.03 bits per heavy atom. The third kappa shape index (κ3) is 4.75. The summed E-state index contributed by atoms with van der Waals surface area (Å²) in [6.07, 6.45) is 2.09. The molecule has 1 aliphatic rings. The lowest BCUT2D eigenvalue weighted by molar-refractivity contribution is -0.127. The number of hydrogen-bond acceptors (Lipinski definition) is 6. The van der Waals surface area contributed by atoms with Crippen LogP contribution in [0.25, 0.3) is 17.1 Å². The van der Waals surface area contributed by atoms with Crippen LogP contribution in [0.4, 0.5) is 0 Å². The van der Waals surface area contributed by atoms with E-state index in [2.05, 4.69) is 10.2 Å². The van der Waals surface area contributed by atoms with E-state index in [1.165, 1.54) is 30.2 Å². The van der Waals surface area contributed by atoms with Gasteiger partial charge in [-0.2, -0.15) is 0 Å². The molecule has 2 heterocycles. The van der Waals surface area contributed by atoms with E-state index in [1.54, 1.807) is 18.2 Å². The average molecular weight is 500 g/mol. The van der Waals surface area contributed by atoms with Crippen molar-refractivity contribution in [2.45, 2.75) is 36.7 Å². The second kappa shape index (κ2) is 9.89. The van der Waals surface area contributed by atoms with E-state index in [0.717, 1.165) is 42.7 Å². The molecule has 1 amide bonds. The molecular weight excluding hydrogens is 470 g/mol. The van der Waals surface area contributed by atoms with Crippen molar-refractivity contribution in [3.8, 4) is 17.1 Å². The van der Waals surface area contributed by atoms with E-state index in [9.17, 15) is 13.2 Å². The molecule has 1 aromatic heterocycles. The van der Waals surface area contributed by atoms with Crippen molar-refractivity contribution < 1.29 is 13.2 Å². The van der Waals surface area contributed by atoms with Gasteiger partial charge in [-0.1, -0.05) is 42.1 Å². The van der Waals surface area contributed by atoms with Crippen molar-refractivity contribution in [1.82, 2.24) is 24.0 Å². The highest BCUT2D eigenvalue weighted by Gasteiger charge is 2.24. The summed E-state index contributed by atoms with van der Waals surface area (Å²) in [5, 5.41) is 9.47. The fourth-order valence-corrected chi connectivity index (χ4v) is 5.89. The number of carbonyl (C=O) groups is 1. The first-order valence-corrected chi connectivity index (χ1v) is 13.6. The third-order valence-corrected chi connectivity index (χ3v) is 8.68. The Morgan fingerprint density at radius 3 is 2.32 bits per heavy atom. The second-order valence-corrected chi connectivity index (χ2v) is 11.7. The molecule has 1 aliphatic heterocycles. The van der Waals surface area contributed by atoms with E-state index < -0.39 is 10.0 Å². The highest BCUT2D eigenvalue weighted by Crippen LogP contribution is 2.32. The molecule has 34 heavy (non-hydrogen) atoms. The molecule has 1 fully saturated rings. The first-order chi connectivity index (χ1) is 16.2. The molecule has 0 spiro atoms. The second-order valence-electron chi connectivity index (χ2n) is 8.57. The largest absolute Gasteiger partial charge is 0.342 e. The minimum Gasteiger partial charge on any atom is -0.342 e. The normalized spacial score (nSPS) is 14.2. The summed E-state index contributed by atoms with van der Waals surface area (Å²) in [5.41, 5.74) is 3.63. The summed E-state index contributed by atoms with van der Waals surface area (Å²) >= 11 is 1.36. The molecule has 0 atom stereocenters. The Balaban J connectivity index is 1.79. The highest BCUT2D eigenvalue weighted by molar-refractivity contribution is 7.99. The molecule has 8 nitrogen and oxygen atoms in total. The van der Waals surface area contributed by atoms with Gasteiger partial charge in [0.1, 0.15) is 0 Å². The molecule has 2 aromatic carbocycles. The fourth-order valence-electron chi connectivity index (χ4n) is 4.10. The first kappa shape index (κ1) is 24.4. The standard InChI is InChI=1S/C24H29N5O3S2/c1-17-9-7-10-18(2)22(17)29-23(19-11-8-12-20(15-19)34(31,32)27(3)4)25-26-24(29)33-16-21(30)28-13-5-6-14-28/h7-12,15H,5-6,13-14,16H2,1-4H3. The number of rotatable bonds is 7. The number of hydrogen-bond donors (Lipinski definition) is 0. The van der Waals surface area contributed by atoms with E-state index in [1.807, 2.05) is 47.6 Å². The van der Waals surface area contributed by atoms with Gasteiger partial charge in [-0.25, -0.2) is 12.7 Å². The summed E-state index contributed by atoms with van der Waals surface area (Å²) < 4.78 is 28.6. The van der Waals surface area contributed by atoms with Gasteiger partial charge in [0.05, 0.1) is 16.3 Å². The van der Waals surface area contributed by atoms with Crippen molar-refractivity contribution in [1.29, 1.82) is 0 Å². The number of thioether (sulfide) groups is 1. The van der Waals surface area contributed by atoms with Crippen LogP contribution >= 0.6 is 11.8 Å². The van der Waals surface area contributed by atoms with Crippen LogP contribution in [0.2, 0.25) is 0 Å². The van der Waals surface area contributed by atoms with E-state index in [4.69, 9.17) is 0 Å². The number of nitrogens with zero attached hydrogens (tertiary/aromatic N) is 5. The molecule has 4 rings (SSSR count). The number of sulfonamides is 1. The molecule has 0 saturated carbocycles. The fraction of sp³-hybridized carbons (Fsp3) is 0.375. The number of para-hydroxylation sites is 1. The lowest BCUT2D eigenvalue weighted by Crippen LogP contribution is -2.29. The lowest BCUT2D eigenvalue weighted by Gasteiger charge is -2.17. The molecule has 1 saturated heterocycles. The molecular formula is C24H29N5O3S2. The predicted octanol–water partition coefficient (Wildman–Crippen LogP) is 3.52. The molecule has 0 radical (unpaired) electrons. The highest BCUT2D eigenvalue weighted by atomic mass is 32.2. The van der Waals surface area contributed by atoms with Gasteiger partial charge in [0.15, 0.2) is 11.0 Å². The van der Waals surface area contributed by atoms with Crippen molar-refractivity contribution in [3.63, 3.8) is 0 Å². The summed E-state index contributed by atoms with van der Waals surface area (Å²) in [5.74, 6) is 0.904. The number of likely N-dealkylation sites (tertiary alicyclic amines) is 1. The maximum absolute atomic E-state index is 12.7. The SMILES string of the molecule is Cc1cccc(C)c1-n1c(SCC(=O)N2CCCC2)nnc1-c1cccc(S(=O)(=O)N(C)C)c1. The van der Waals surface area contributed by atoms with Crippen molar-refractivity contribution in [3.05, 3.63) is 53.6 Å². The predicted molar refractivity (Wildman–Crippen MR) is 134 cm³/mol. The van der Waals surface area contributed by atoms with Gasteiger partial charge >= 0.3 is 0 Å². The summed E-state index contributed by atoms with van der Waals surface area (Å²) in [6, 6.07) is 12.7. The number of carbonyl (C=O) groups excluding carboxylic acids is 1. The van der Waals surface area contributed by atoms with Gasteiger partial charge in [0.25, 0.3) is 0 Å². The minimum atomic E-state index is -3.60. The number of amides is 1. The third-order valence-electron chi connectivity index (χ3n) is 5.95. The molecule has 0 aliphatic carbocycles. The molecule has 0 N–H and O–H groups in total. The van der Waals surface area contributed by atoms with E-state index in [0.29, 0.717) is 16.5 Å². The summed E-state index contributed by atoms with van der Waals surface area (Å²) in [6.45, 7) is 5.65. The van der Waals surface area contributed by atoms with Crippen LogP contribution in [-0.2, 0) is 14.8 Å². The van der Waals surface area contributed by atoms with Gasteiger partial charge < -0.3 is 4.90 Å². The maximum atomic E-state index is 12.7. The van der Waals surface area contributed by atoms with Crippen LogP contribution in [0, 0.1) is 13.8 Å². The van der Waals surface area contributed by atoms with Crippen molar-refractivity contribution >= 4 is 27.7 Å². The Labute approximate surface area is 205 Å². The van der Waals surface area contributed by atoms with Crippen LogP contribution in [0.1, 0.15) is 24.0 Å². The Bertz CT molecular complexity index is 1290. The minimum absolute atomic E-state index is 0.0965. The number of aryl methyl sites for hydroxylation is 2. The molecule has 10 heteroatoms. The zero-order chi connectivity index (χ0) is 24.5. The van der Waals surface area contributed by atoms with Gasteiger partial charge in [-0.15, -0.1) is 10.2 Å². The lowest BCUT2D eigenvalue weighted by atomic mass is 10.1. The van der Waals surface area contributed by atoms with E-state index in [-0.39, 0.29) is 16.6 Å². The van der Waals surface area contributed by atoms with Gasteiger partial charge in [0.2, 0.25) is 15.9 Å². The maximum Gasteiger partial charge on any atom is 0.242 e. The van der Waals surface area contributed by atoms with Crippen LogP contribution < -0.4 is 0 Å². The number of aromatic nitrogens is 3. The van der Waals surface area contributed by atoms with E-state index >= 15 is 0 Å². The van der Waals surface area contributed by atoms with Crippen LogP contribution in [0.5, 0.6) is 0 Å². The molecule has 0 bridgehead atoms. The van der Waals surface area contributed by atoms with Crippen molar-refractivity contribution in [2.75, 3.05) is 32.9 Å². The Morgan fingerprint density at radius 2 is 1.68 bits per heavy atom. The van der Waals surface area contributed by atoms with Gasteiger partial charge in [0, 0.05) is 32.7 Å². The molecule has 3 aromatic rings. The Hall–Kier alpha value is -2.69. The zero-order valence-electron chi connectivity index (χ0n) is 19.9. The van der Waals surface area contributed by atoms with Crippen LogP contribution in [0.3, 0.4) is 0 Å². The number of benzene rings is 2. The summed E-state index contributed by atoms with van der Waals surface area (Å²) in [7, 11) is -0.590. The van der Waals surface area contributed by atoms with Gasteiger partial charge in [-0.3, -0.25) is 9.36 Å². The van der Waals surface area contributed by atoms with Crippen molar-refractivity contribution in [2.24, 2.45) is 0 Å².